The van der Waals surface area contributed by atoms with Gasteiger partial charge >= 0.3 is 0 Å². The van der Waals surface area contributed by atoms with Crippen molar-refractivity contribution < 1.29 is 35.5 Å². The van der Waals surface area contributed by atoms with Crippen LogP contribution in [-0.4, -0.2) is 6.61 Å². The zero-order valence-corrected chi connectivity index (χ0v) is 8.03. The van der Waals surface area contributed by atoms with Gasteiger partial charge in [-0.1, -0.05) is 13.3 Å². The second kappa shape index (κ2) is 11.0. The third-order valence-corrected chi connectivity index (χ3v) is 0.715. The predicted octanol–water partition coefficient (Wildman–Crippen LogP) is 1.89. The van der Waals surface area contributed by atoms with E-state index in [1.165, 1.54) is 0 Å². The van der Waals surface area contributed by atoms with E-state index >= 15 is 0 Å². The van der Waals surface area contributed by atoms with Crippen LogP contribution in [0.3, 0.4) is 0 Å². The third-order valence-electron chi connectivity index (χ3n) is 0.626. The molecule has 48 valence electrons. The van der Waals surface area contributed by atoms with Gasteiger partial charge in [-0.2, -0.15) is 0 Å². The predicted molar refractivity (Wildman–Crippen MR) is 27.8 cm³/mol. The number of hydrogen-bond donors (Lipinski definition) is 0. The van der Waals surface area contributed by atoms with Gasteiger partial charge in [-0.05, 0) is 6.42 Å². The first kappa shape index (κ1) is 11.8. The van der Waals surface area contributed by atoms with E-state index in [0.29, 0.717) is 6.61 Å². The Morgan fingerprint density at radius 3 is 2.50 bits per heavy atom. The van der Waals surface area contributed by atoms with Crippen LogP contribution in [0.25, 0.3) is 0 Å². The monoisotopic (exact) mass is 214 g/mol. The average Bonchev–Trinajstić information content (AvgIpc) is 1.69. The quantitative estimate of drug-likeness (QED) is 0.405. The first-order chi connectivity index (χ1) is 3.41. The van der Waals surface area contributed by atoms with Gasteiger partial charge in [0, 0.05) is 26.2 Å². The summed E-state index contributed by atoms with van der Waals surface area (Å²) in [5.74, 6) is 0. The summed E-state index contributed by atoms with van der Waals surface area (Å²) in [6, 6.07) is 0. The molecule has 0 aliphatic heterocycles. The topological polar surface area (TPSA) is 18.5 Å². The molecule has 0 fully saturated rings. The fourth-order valence-electron chi connectivity index (χ4n) is 0.235. The standard InChI is InChI=1S/C4H9ClO2.Zr/c1-2-3-4-6-7-5;/h2-4H2,1H3;. The normalized spacial score (nSPS) is 8.25. The summed E-state index contributed by atoms with van der Waals surface area (Å²) in [7, 11) is 0. The van der Waals surface area contributed by atoms with Gasteiger partial charge in [-0.15, -0.1) is 4.44 Å². The van der Waals surface area contributed by atoms with Crippen LogP contribution in [0.1, 0.15) is 19.8 Å². The summed E-state index contributed by atoms with van der Waals surface area (Å²) >= 11 is 4.72. The molecule has 0 aliphatic rings. The number of hydrogen-bond acceptors (Lipinski definition) is 2. The van der Waals surface area contributed by atoms with Gasteiger partial charge in [-0.3, -0.25) is 0 Å². The zero-order chi connectivity index (χ0) is 5.54. The van der Waals surface area contributed by atoms with Crippen molar-refractivity contribution in [1.82, 2.24) is 0 Å². The smallest absolute Gasteiger partial charge is 0.0999 e. The van der Waals surface area contributed by atoms with Crippen LogP contribution in [0.15, 0.2) is 0 Å². The average molecular weight is 216 g/mol. The number of unbranched alkanes of at least 4 members (excludes halogenated alkanes) is 1. The molecule has 0 aromatic carbocycles. The summed E-state index contributed by atoms with van der Waals surface area (Å²) in [6.07, 6.45) is 2.09. The first-order valence-electron chi connectivity index (χ1n) is 2.32. The molecule has 0 heterocycles. The molecule has 0 spiro atoms. The van der Waals surface area contributed by atoms with Crippen molar-refractivity contribution in [3.05, 3.63) is 0 Å². The summed E-state index contributed by atoms with van der Waals surface area (Å²) < 4.78 is 3.82. The Morgan fingerprint density at radius 1 is 1.50 bits per heavy atom. The molecule has 0 radical (unpaired) electrons. The zero-order valence-electron chi connectivity index (χ0n) is 4.82. The molecule has 0 N–H and O–H groups in total. The van der Waals surface area contributed by atoms with Gasteiger partial charge in [0.25, 0.3) is 0 Å². The van der Waals surface area contributed by atoms with E-state index in [4.69, 9.17) is 11.9 Å². The van der Waals surface area contributed by atoms with E-state index in [1.807, 2.05) is 0 Å². The summed E-state index contributed by atoms with van der Waals surface area (Å²) in [4.78, 5) is 4.34. The van der Waals surface area contributed by atoms with Crippen molar-refractivity contribution in [2.24, 2.45) is 0 Å². The van der Waals surface area contributed by atoms with E-state index < -0.39 is 0 Å². The summed E-state index contributed by atoms with van der Waals surface area (Å²) in [6.45, 7) is 2.65. The molecule has 0 aliphatic carbocycles. The van der Waals surface area contributed by atoms with Crippen LogP contribution in [0.5, 0.6) is 0 Å². The molecule has 2 nitrogen and oxygen atoms in total. The summed E-state index contributed by atoms with van der Waals surface area (Å²) in [5, 5.41) is 0. The molecule has 0 amide bonds. The molecule has 0 aromatic rings. The van der Waals surface area contributed by atoms with E-state index in [9.17, 15) is 0 Å². The summed E-state index contributed by atoms with van der Waals surface area (Å²) in [5.41, 5.74) is 0. The Labute approximate surface area is 73.7 Å². The van der Waals surface area contributed by atoms with Crippen LogP contribution < -0.4 is 0 Å². The maximum atomic E-state index is 4.72. The van der Waals surface area contributed by atoms with E-state index in [0.717, 1.165) is 12.8 Å². The Hall–Kier alpha value is 1.09. The van der Waals surface area contributed by atoms with Crippen LogP contribution in [-0.2, 0) is 35.5 Å². The second-order valence-corrected chi connectivity index (χ2v) is 1.36. The van der Waals surface area contributed by atoms with Crippen LogP contribution in [0.4, 0.5) is 0 Å². The van der Waals surface area contributed by atoms with E-state index in [-0.39, 0.29) is 26.2 Å². The molecule has 4 heteroatoms. The molecule has 8 heavy (non-hydrogen) atoms. The van der Waals surface area contributed by atoms with Crippen molar-refractivity contribution in [3.8, 4) is 0 Å². The van der Waals surface area contributed by atoms with Crippen LogP contribution in [0, 0.1) is 0 Å². The minimum absolute atomic E-state index is 0. The SMILES string of the molecule is CCCCOOCl.[Zr]. The van der Waals surface area contributed by atoms with Crippen molar-refractivity contribution in [1.29, 1.82) is 0 Å². The minimum Gasteiger partial charge on any atom is -0.218 e. The van der Waals surface area contributed by atoms with Crippen molar-refractivity contribution in [3.63, 3.8) is 0 Å². The molecule has 0 rings (SSSR count). The largest absolute Gasteiger partial charge is 0.218 e. The Bertz CT molecular complexity index is 33.2. The molecule has 0 unspecified atom stereocenters. The first-order valence-corrected chi connectivity index (χ1v) is 2.63. The Balaban J connectivity index is 0. The van der Waals surface area contributed by atoms with Gasteiger partial charge in [0.15, 0.2) is 0 Å². The van der Waals surface area contributed by atoms with Crippen molar-refractivity contribution >= 4 is 11.9 Å². The fourth-order valence-corrected chi connectivity index (χ4v) is 0.298. The third kappa shape index (κ3) is 10.2. The van der Waals surface area contributed by atoms with Crippen LogP contribution >= 0.6 is 11.9 Å². The molecule has 0 saturated carbocycles. The van der Waals surface area contributed by atoms with Crippen molar-refractivity contribution in [2.45, 2.75) is 19.8 Å². The van der Waals surface area contributed by atoms with Gasteiger partial charge in [0.1, 0.15) is 0 Å². The van der Waals surface area contributed by atoms with Crippen LogP contribution in [0.2, 0.25) is 0 Å². The number of halogens is 1. The van der Waals surface area contributed by atoms with Gasteiger partial charge in [0.2, 0.25) is 0 Å². The Kier molecular flexibility index (Phi) is 16.2. The molecule has 0 bridgehead atoms. The molecule has 0 aromatic heterocycles. The number of rotatable bonds is 4. The van der Waals surface area contributed by atoms with Gasteiger partial charge in [-0.25, -0.2) is 4.89 Å². The second-order valence-electron chi connectivity index (χ2n) is 1.24. The molecular weight excluding hydrogens is 207 g/mol. The maximum absolute atomic E-state index is 4.72. The molecule has 0 saturated heterocycles. The fraction of sp³-hybridized carbons (Fsp3) is 1.00. The van der Waals surface area contributed by atoms with Gasteiger partial charge in [0.05, 0.1) is 18.5 Å². The van der Waals surface area contributed by atoms with Gasteiger partial charge < -0.3 is 0 Å². The minimum atomic E-state index is 0. The Morgan fingerprint density at radius 2 is 2.12 bits per heavy atom. The molecule has 0 atom stereocenters. The molecular formula is C4H9ClO2Zr. The van der Waals surface area contributed by atoms with Crippen molar-refractivity contribution in [2.75, 3.05) is 6.61 Å². The van der Waals surface area contributed by atoms with E-state index in [1.54, 1.807) is 0 Å². The van der Waals surface area contributed by atoms with E-state index in [2.05, 4.69) is 16.3 Å². The maximum Gasteiger partial charge on any atom is 0.0999 e.